The Morgan fingerprint density at radius 1 is 0.559 bits per heavy atom. The first-order valence-corrected chi connectivity index (χ1v) is 22.0. The Hall–Kier alpha value is -7.42. The van der Waals surface area contributed by atoms with Crippen molar-refractivity contribution in [1.82, 2.24) is 15.3 Å². The van der Waals surface area contributed by atoms with E-state index in [-0.39, 0.29) is 51.3 Å². The first kappa shape index (κ1) is 53.2. The van der Waals surface area contributed by atoms with E-state index in [9.17, 15) is 33.9 Å². The maximum atomic E-state index is 12.6. The predicted octanol–water partition coefficient (Wildman–Crippen LogP) is 9.99. The minimum Gasteiger partial charge on any atom is -0.480 e. The van der Waals surface area contributed by atoms with Crippen molar-refractivity contribution in [3.8, 4) is 0 Å². The number of methoxy groups -OCH3 is 1. The number of halogens is 2. The van der Waals surface area contributed by atoms with Gasteiger partial charge in [-0.05, 0) is 130 Å². The van der Waals surface area contributed by atoms with Crippen molar-refractivity contribution in [2.45, 2.75) is 67.3 Å². The summed E-state index contributed by atoms with van der Waals surface area (Å²) in [5, 5.41) is 27.1. The fourth-order valence-electron chi connectivity index (χ4n) is 7.04. The molecular weight excluding hydrogens is 910 g/mol. The minimum absolute atomic E-state index is 0.0691. The summed E-state index contributed by atoms with van der Waals surface area (Å²) in [7, 11) is 1.39. The Kier molecular flexibility index (Phi) is 19.5. The van der Waals surface area contributed by atoms with Gasteiger partial charge in [0.2, 0.25) is 0 Å². The number of carboxylic acid groups (broad SMARTS) is 2. The van der Waals surface area contributed by atoms with Gasteiger partial charge in [-0.15, -0.1) is 0 Å². The number of aromatic carboxylic acids is 1. The molecule has 0 spiro atoms. The van der Waals surface area contributed by atoms with Crippen LogP contribution >= 0.6 is 23.2 Å². The lowest BCUT2D eigenvalue weighted by Crippen LogP contribution is -2.42. The van der Waals surface area contributed by atoms with E-state index in [0.717, 1.165) is 16.7 Å². The monoisotopic (exact) mass is 961 g/mol. The van der Waals surface area contributed by atoms with E-state index < -0.39 is 23.9 Å². The van der Waals surface area contributed by atoms with Gasteiger partial charge in [0.1, 0.15) is 6.04 Å². The summed E-state index contributed by atoms with van der Waals surface area (Å²) in [5.41, 5.74) is 8.93. The highest BCUT2D eigenvalue weighted by molar-refractivity contribution is 6.34. The highest BCUT2D eigenvalue weighted by atomic mass is 35.5. The standard InChI is InChI=1S/C25H24ClN3O4.C19H22N2O3.C8H7ClO2/c1-14-5-4-6-19(26)22(14)24(31)29-20(25(32)33)13-17-7-9-18(10-8-17)28-23(30)21-15(2)11-12-27-16(21)3;1-12-9-10-20-14(3)17(12)18(22)21-16-7-5-15(6-8-16)11-13(2)19(23)24-4;1-5-3-2-4-6(9)7(5)8(10)11/h4-12,20H,13H2,1-3H3,(H,28,30)(H,29,31)(H,32,33);5-10,13H,11H2,1-4H3,(H,21,22);2-4H,1H3,(H,10,11). The number of aromatic nitrogens is 2. The van der Waals surface area contributed by atoms with E-state index in [2.05, 4.69) is 25.9 Å². The van der Waals surface area contributed by atoms with Crippen molar-refractivity contribution in [1.29, 1.82) is 0 Å². The van der Waals surface area contributed by atoms with Crippen LogP contribution < -0.4 is 16.0 Å². The molecular formula is C52H53Cl2N5O9. The highest BCUT2D eigenvalue weighted by Gasteiger charge is 2.24. The zero-order valence-corrected chi connectivity index (χ0v) is 40.4. The van der Waals surface area contributed by atoms with E-state index in [1.807, 2.05) is 58.0 Å². The Bertz CT molecular complexity index is 2720. The molecule has 0 radical (unpaired) electrons. The van der Waals surface area contributed by atoms with Crippen LogP contribution in [0.1, 0.15) is 93.1 Å². The Morgan fingerprint density at radius 3 is 1.34 bits per heavy atom. The molecule has 4 aromatic carbocycles. The first-order valence-electron chi connectivity index (χ1n) is 21.2. The molecule has 0 aliphatic heterocycles. The van der Waals surface area contributed by atoms with E-state index >= 15 is 0 Å². The number of esters is 1. The van der Waals surface area contributed by atoms with Gasteiger partial charge in [0.25, 0.3) is 17.7 Å². The van der Waals surface area contributed by atoms with Gasteiger partial charge < -0.3 is 30.9 Å². The smallest absolute Gasteiger partial charge is 0.337 e. The summed E-state index contributed by atoms with van der Waals surface area (Å²) in [6.07, 6.45) is 4.01. The molecule has 0 saturated heterocycles. The molecule has 6 rings (SSSR count). The van der Waals surface area contributed by atoms with Crippen molar-refractivity contribution < 1.29 is 43.7 Å². The normalized spacial score (nSPS) is 11.3. The summed E-state index contributed by atoms with van der Waals surface area (Å²) in [5.74, 6) is -3.55. The van der Waals surface area contributed by atoms with Crippen molar-refractivity contribution in [3.05, 3.63) is 187 Å². The first-order chi connectivity index (χ1) is 32.2. The second-order valence-corrected chi connectivity index (χ2v) is 16.7. The van der Waals surface area contributed by atoms with Crippen LogP contribution in [0.4, 0.5) is 11.4 Å². The van der Waals surface area contributed by atoms with Crippen molar-refractivity contribution in [2.75, 3.05) is 17.7 Å². The number of aliphatic carboxylic acids is 1. The molecule has 2 unspecified atom stereocenters. The fourth-order valence-corrected chi connectivity index (χ4v) is 7.65. The summed E-state index contributed by atoms with van der Waals surface area (Å²) in [6.45, 7) is 12.6. The Balaban J connectivity index is 0.000000250. The van der Waals surface area contributed by atoms with Crippen molar-refractivity contribution in [3.63, 3.8) is 0 Å². The predicted molar refractivity (Wildman–Crippen MR) is 263 cm³/mol. The molecule has 3 amide bonds. The number of rotatable bonds is 13. The molecule has 0 aliphatic rings. The molecule has 2 aromatic heterocycles. The maximum absolute atomic E-state index is 12.6. The molecule has 5 N–H and O–H groups in total. The van der Waals surface area contributed by atoms with E-state index in [1.54, 1.807) is 99.9 Å². The van der Waals surface area contributed by atoms with Gasteiger partial charge >= 0.3 is 17.9 Å². The number of aryl methyl sites for hydroxylation is 6. The number of ether oxygens (including phenoxy) is 1. The van der Waals surface area contributed by atoms with Crippen LogP contribution in [0.25, 0.3) is 0 Å². The van der Waals surface area contributed by atoms with Gasteiger partial charge in [0.05, 0.1) is 56.7 Å². The SMILES string of the molecule is COC(=O)C(C)Cc1ccc(NC(=O)c2c(C)ccnc2C)cc1.Cc1cccc(Cl)c1C(=O)NC(Cc1ccc(NC(=O)c2c(C)ccnc2C)cc1)C(=O)O.Cc1cccc(Cl)c1C(=O)O. The van der Waals surface area contributed by atoms with Gasteiger partial charge in [-0.2, -0.15) is 0 Å². The number of carbonyl (C=O) groups excluding carboxylic acids is 4. The zero-order chi connectivity index (χ0) is 50.2. The topological polar surface area (TPSA) is 214 Å². The number of carbonyl (C=O) groups is 6. The van der Waals surface area contributed by atoms with Gasteiger partial charge in [0.15, 0.2) is 0 Å². The average molecular weight is 963 g/mol. The highest BCUT2D eigenvalue weighted by Crippen LogP contribution is 2.22. The number of amides is 3. The third-order valence-corrected chi connectivity index (χ3v) is 11.3. The molecule has 354 valence electrons. The van der Waals surface area contributed by atoms with Crippen LogP contribution in [0.3, 0.4) is 0 Å². The van der Waals surface area contributed by atoms with E-state index in [4.69, 9.17) is 33.0 Å². The third-order valence-electron chi connectivity index (χ3n) is 10.6. The molecule has 16 heteroatoms. The fraction of sp³-hybridized carbons (Fsp3) is 0.231. The Labute approximate surface area is 405 Å². The van der Waals surface area contributed by atoms with Crippen molar-refractivity contribution >= 4 is 70.2 Å². The summed E-state index contributed by atoms with van der Waals surface area (Å²) in [6, 6.07) is 26.8. The van der Waals surface area contributed by atoms with Gasteiger partial charge in [-0.25, -0.2) is 9.59 Å². The lowest BCUT2D eigenvalue weighted by molar-refractivity contribution is -0.144. The lowest BCUT2D eigenvalue weighted by atomic mass is 10.0. The zero-order valence-electron chi connectivity index (χ0n) is 38.9. The molecule has 0 bridgehead atoms. The quantitative estimate of drug-likeness (QED) is 0.0687. The number of nitrogens with zero attached hydrogens (tertiary/aromatic N) is 2. The number of anilines is 2. The van der Waals surface area contributed by atoms with Crippen molar-refractivity contribution in [2.24, 2.45) is 5.92 Å². The van der Waals surface area contributed by atoms with Gasteiger partial charge in [-0.3, -0.25) is 29.1 Å². The summed E-state index contributed by atoms with van der Waals surface area (Å²) >= 11 is 11.8. The van der Waals surface area contributed by atoms with E-state index in [0.29, 0.717) is 57.0 Å². The third kappa shape index (κ3) is 14.8. The maximum Gasteiger partial charge on any atom is 0.337 e. The second kappa shape index (κ2) is 24.9. The molecule has 68 heavy (non-hydrogen) atoms. The lowest BCUT2D eigenvalue weighted by Gasteiger charge is -2.16. The molecule has 2 atom stereocenters. The number of nitrogens with one attached hydrogen (secondary N) is 3. The van der Waals surface area contributed by atoms with Crippen LogP contribution in [-0.2, 0) is 27.2 Å². The van der Waals surface area contributed by atoms with Crippen LogP contribution in [0.15, 0.2) is 109 Å². The molecule has 0 aliphatic carbocycles. The van der Waals surface area contributed by atoms with Crippen LogP contribution in [0.5, 0.6) is 0 Å². The molecule has 6 aromatic rings. The number of carboxylic acids is 2. The summed E-state index contributed by atoms with van der Waals surface area (Å²) in [4.78, 5) is 79.8. The van der Waals surface area contributed by atoms with Crippen LogP contribution in [0, 0.1) is 47.5 Å². The number of pyridine rings is 2. The van der Waals surface area contributed by atoms with Crippen LogP contribution in [-0.4, -0.2) is 69.0 Å². The average Bonchev–Trinajstić information content (AvgIpc) is 3.27. The number of hydrogen-bond donors (Lipinski definition) is 5. The molecule has 14 nitrogen and oxygen atoms in total. The Morgan fingerprint density at radius 2 is 0.971 bits per heavy atom. The molecule has 0 fully saturated rings. The van der Waals surface area contributed by atoms with Gasteiger partial charge in [0, 0.05) is 30.2 Å². The summed E-state index contributed by atoms with van der Waals surface area (Å²) < 4.78 is 4.73. The van der Waals surface area contributed by atoms with Gasteiger partial charge in [-0.1, -0.05) is 78.7 Å². The number of benzene rings is 4. The van der Waals surface area contributed by atoms with E-state index in [1.165, 1.54) is 7.11 Å². The van der Waals surface area contributed by atoms with Crippen LogP contribution in [0.2, 0.25) is 10.0 Å². The minimum atomic E-state index is -1.16. The largest absolute Gasteiger partial charge is 0.480 e. The second-order valence-electron chi connectivity index (χ2n) is 15.8. The number of hydrogen-bond acceptors (Lipinski definition) is 9. The molecule has 0 saturated carbocycles. The molecule has 2 heterocycles.